The van der Waals surface area contributed by atoms with Gasteiger partial charge in [-0.25, -0.2) is 0 Å². The van der Waals surface area contributed by atoms with Crippen LogP contribution < -0.4 is 5.32 Å². The summed E-state index contributed by atoms with van der Waals surface area (Å²) in [5.41, 5.74) is 1.03. The highest BCUT2D eigenvalue weighted by Crippen LogP contribution is 2.13. The molecule has 2 N–H and O–H groups in total. The summed E-state index contributed by atoms with van der Waals surface area (Å²) in [5.74, 6) is 5.59. The quantitative estimate of drug-likeness (QED) is 0.791. The lowest BCUT2D eigenvalue weighted by Crippen LogP contribution is -2.32. The number of hydrogen-bond donors (Lipinski definition) is 2. The minimum atomic E-state index is -0.238. The van der Waals surface area contributed by atoms with Crippen LogP contribution in [0.1, 0.15) is 28.8 Å². The van der Waals surface area contributed by atoms with Crippen molar-refractivity contribution in [3.8, 4) is 11.8 Å². The molecule has 106 valence electrons. The van der Waals surface area contributed by atoms with E-state index in [1.165, 1.54) is 6.20 Å². The molecule has 5 nitrogen and oxygen atoms in total. The zero-order chi connectivity index (χ0) is 14.2. The fourth-order valence-corrected chi connectivity index (χ4v) is 2.11. The molecule has 0 aromatic carbocycles. The Morgan fingerprint density at radius 3 is 3.05 bits per heavy atom. The highest BCUT2D eigenvalue weighted by molar-refractivity contribution is 5.96. The number of pyridine rings is 1. The zero-order valence-corrected chi connectivity index (χ0v) is 11.3. The lowest BCUT2D eigenvalue weighted by molar-refractivity contribution is 0.0642. The van der Waals surface area contributed by atoms with Crippen LogP contribution in [-0.4, -0.2) is 42.4 Å². The van der Waals surface area contributed by atoms with Gasteiger partial charge in [-0.05, 0) is 24.8 Å². The molecule has 5 heteroatoms. The van der Waals surface area contributed by atoms with Gasteiger partial charge in [-0.2, -0.15) is 0 Å². The molecule has 0 aliphatic carbocycles. The summed E-state index contributed by atoms with van der Waals surface area (Å²) in [5, 5.41) is 11.7. The van der Waals surface area contributed by atoms with Crippen LogP contribution in [0.3, 0.4) is 0 Å². The van der Waals surface area contributed by atoms with Crippen LogP contribution in [0.4, 0.5) is 0 Å². The van der Waals surface area contributed by atoms with Gasteiger partial charge in [0.15, 0.2) is 0 Å². The number of nitrogens with zero attached hydrogens (tertiary/aromatic N) is 1. The number of rotatable bonds is 3. The number of aliphatic hydroxyl groups is 1. The fraction of sp³-hybridized carbons (Fsp3) is 0.467. The van der Waals surface area contributed by atoms with E-state index in [-0.39, 0.29) is 12.5 Å². The molecule has 1 aliphatic rings. The Morgan fingerprint density at radius 2 is 2.30 bits per heavy atom. The van der Waals surface area contributed by atoms with Crippen LogP contribution in [0.25, 0.3) is 0 Å². The van der Waals surface area contributed by atoms with Gasteiger partial charge in [0, 0.05) is 32.2 Å². The predicted octanol–water partition coefficient (Wildman–Crippen LogP) is 0.582. The van der Waals surface area contributed by atoms with Crippen molar-refractivity contribution < 1.29 is 14.6 Å². The first-order valence-corrected chi connectivity index (χ1v) is 6.71. The topological polar surface area (TPSA) is 71.5 Å². The second-order valence-corrected chi connectivity index (χ2v) is 4.65. The predicted molar refractivity (Wildman–Crippen MR) is 74.1 cm³/mol. The van der Waals surface area contributed by atoms with Crippen LogP contribution in [0, 0.1) is 17.8 Å². The van der Waals surface area contributed by atoms with E-state index in [2.05, 4.69) is 22.1 Å². The maximum atomic E-state index is 12.2. The standard InChI is InChI=1S/C15H18N2O3/c18-7-1-2-13-11-16-6-3-14(13)15(19)17-10-12-4-8-20-9-5-12/h3,6,11-12,18H,4-5,7-10H2,(H,17,19). The van der Waals surface area contributed by atoms with Gasteiger partial charge in [-0.3, -0.25) is 9.78 Å². The SMILES string of the molecule is O=C(NCC1CCOCC1)c1ccncc1C#CCO. The highest BCUT2D eigenvalue weighted by atomic mass is 16.5. The first kappa shape index (κ1) is 14.5. The van der Waals surface area contributed by atoms with Gasteiger partial charge in [0.1, 0.15) is 6.61 Å². The summed E-state index contributed by atoms with van der Waals surface area (Å²) < 4.78 is 5.29. The van der Waals surface area contributed by atoms with E-state index >= 15 is 0 Å². The van der Waals surface area contributed by atoms with Crippen LogP contribution >= 0.6 is 0 Å². The van der Waals surface area contributed by atoms with E-state index in [0.717, 1.165) is 26.1 Å². The average Bonchev–Trinajstić information content (AvgIpc) is 2.52. The fourth-order valence-electron chi connectivity index (χ4n) is 2.11. The molecular weight excluding hydrogens is 256 g/mol. The van der Waals surface area contributed by atoms with Crippen molar-refractivity contribution in [1.82, 2.24) is 10.3 Å². The Kier molecular flexibility index (Phi) is 5.54. The summed E-state index contributed by atoms with van der Waals surface area (Å²) in [6.45, 7) is 1.95. The minimum absolute atomic E-state index is 0.152. The maximum absolute atomic E-state index is 12.2. The lowest BCUT2D eigenvalue weighted by Gasteiger charge is -2.22. The van der Waals surface area contributed by atoms with Crippen LogP contribution in [-0.2, 0) is 4.74 Å². The highest BCUT2D eigenvalue weighted by Gasteiger charge is 2.16. The van der Waals surface area contributed by atoms with Gasteiger partial charge in [0.2, 0.25) is 0 Å². The Hall–Kier alpha value is -1.90. The van der Waals surface area contributed by atoms with Crippen LogP contribution in [0.15, 0.2) is 18.5 Å². The number of amides is 1. The molecule has 0 radical (unpaired) electrons. The third-order valence-electron chi connectivity index (χ3n) is 3.26. The molecule has 1 amide bonds. The number of carbonyl (C=O) groups is 1. The average molecular weight is 274 g/mol. The van der Waals surface area contributed by atoms with E-state index < -0.39 is 0 Å². The first-order valence-electron chi connectivity index (χ1n) is 6.71. The molecule has 2 heterocycles. The minimum Gasteiger partial charge on any atom is -0.384 e. The maximum Gasteiger partial charge on any atom is 0.252 e. The number of ether oxygens (including phenoxy) is 1. The number of carbonyl (C=O) groups excluding carboxylic acids is 1. The smallest absolute Gasteiger partial charge is 0.252 e. The molecule has 0 atom stereocenters. The zero-order valence-electron chi connectivity index (χ0n) is 11.3. The molecule has 2 rings (SSSR count). The van der Waals surface area contributed by atoms with Gasteiger partial charge >= 0.3 is 0 Å². The van der Waals surface area contributed by atoms with Crippen molar-refractivity contribution in [1.29, 1.82) is 0 Å². The second-order valence-electron chi connectivity index (χ2n) is 4.65. The molecular formula is C15H18N2O3. The Labute approximate surface area is 118 Å². The number of hydrogen-bond acceptors (Lipinski definition) is 4. The van der Waals surface area contributed by atoms with Crippen LogP contribution in [0.5, 0.6) is 0 Å². The van der Waals surface area contributed by atoms with Crippen molar-refractivity contribution in [2.75, 3.05) is 26.4 Å². The van der Waals surface area contributed by atoms with Gasteiger partial charge < -0.3 is 15.2 Å². The summed E-state index contributed by atoms with van der Waals surface area (Å²) in [4.78, 5) is 16.1. The van der Waals surface area contributed by atoms with Crippen molar-refractivity contribution in [2.45, 2.75) is 12.8 Å². The largest absolute Gasteiger partial charge is 0.384 e. The summed E-state index contributed by atoms with van der Waals surface area (Å²) in [7, 11) is 0. The lowest BCUT2D eigenvalue weighted by atomic mass is 10.0. The molecule has 1 aliphatic heterocycles. The molecule has 1 fully saturated rings. The molecule has 1 aromatic rings. The Morgan fingerprint density at radius 1 is 1.50 bits per heavy atom. The van der Waals surface area contributed by atoms with E-state index in [4.69, 9.17) is 9.84 Å². The van der Waals surface area contributed by atoms with Gasteiger partial charge in [-0.1, -0.05) is 11.8 Å². The van der Waals surface area contributed by atoms with Crippen molar-refractivity contribution in [2.24, 2.45) is 5.92 Å². The summed E-state index contributed by atoms with van der Waals surface area (Å²) >= 11 is 0. The van der Waals surface area contributed by atoms with E-state index in [0.29, 0.717) is 23.6 Å². The normalized spacial score (nSPS) is 15.2. The van der Waals surface area contributed by atoms with Crippen molar-refractivity contribution in [3.63, 3.8) is 0 Å². The molecule has 0 saturated carbocycles. The molecule has 0 bridgehead atoms. The first-order chi connectivity index (χ1) is 9.81. The molecule has 1 aromatic heterocycles. The molecule has 1 saturated heterocycles. The molecule has 0 unspecified atom stereocenters. The van der Waals surface area contributed by atoms with E-state index in [1.54, 1.807) is 12.3 Å². The van der Waals surface area contributed by atoms with E-state index in [1.807, 2.05) is 0 Å². The third-order valence-corrected chi connectivity index (χ3v) is 3.26. The molecule has 0 spiro atoms. The Bertz CT molecular complexity index is 513. The van der Waals surface area contributed by atoms with Crippen molar-refractivity contribution >= 4 is 5.91 Å². The molecule has 20 heavy (non-hydrogen) atoms. The number of nitrogens with one attached hydrogen (secondary N) is 1. The van der Waals surface area contributed by atoms with Gasteiger partial charge in [0.25, 0.3) is 5.91 Å². The van der Waals surface area contributed by atoms with Gasteiger partial charge in [-0.15, -0.1) is 0 Å². The number of aliphatic hydroxyl groups excluding tert-OH is 1. The third kappa shape index (κ3) is 4.05. The van der Waals surface area contributed by atoms with Crippen LogP contribution in [0.2, 0.25) is 0 Å². The monoisotopic (exact) mass is 274 g/mol. The van der Waals surface area contributed by atoms with Crippen molar-refractivity contribution in [3.05, 3.63) is 29.6 Å². The van der Waals surface area contributed by atoms with Gasteiger partial charge in [0.05, 0.1) is 11.1 Å². The number of aromatic nitrogens is 1. The summed E-state index contributed by atoms with van der Waals surface area (Å²) in [6, 6.07) is 1.64. The second kappa shape index (κ2) is 7.63. The van der Waals surface area contributed by atoms with E-state index in [9.17, 15) is 4.79 Å². The summed E-state index contributed by atoms with van der Waals surface area (Å²) in [6.07, 6.45) is 5.06. The Balaban J connectivity index is 1.97.